The molecule has 0 fully saturated rings. The van der Waals surface area contributed by atoms with Crippen LogP contribution in [0.1, 0.15) is 90.9 Å². The van der Waals surface area contributed by atoms with Gasteiger partial charge < -0.3 is 4.57 Å². The fourth-order valence-corrected chi connectivity index (χ4v) is 1.91. The lowest BCUT2D eigenvalue weighted by atomic mass is 10.1. The second kappa shape index (κ2) is 30.7. The lowest BCUT2D eigenvalue weighted by Gasteiger charge is -2.01. The molecule has 0 aliphatic rings. The first-order chi connectivity index (χ1) is 7.91. The molecule has 0 rings (SSSR count). The Kier molecular flexibility index (Phi) is 46.3. The van der Waals surface area contributed by atoms with E-state index in [1.165, 1.54) is 77.0 Å². The fraction of sp³-hybridized carbons (Fsp3) is 1.00. The summed E-state index contributed by atoms with van der Waals surface area (Å²) in [5, 5.41) is 0. The van der Waals surface area contributed by atoms with E-state index in [0.717, 1.165) is 0 Å². The Bertz CT molecular complexity index is 104. The quantitative estimate of drug-likeness (QED) is 0.314. The van der Waals surface area contributed by atoms with Crippen molar-refractivity contribution in [2.24, 2.45) is 0 Å². The van der Waals surface area contributed by atoms with Crippen molar-refractivity contribution in [3.63, 3.8) is 0 Å². The highest BCUT2D eigenvalue weighted by Crippen LogP contribution is 2.11. The summed E-state index contributed by atoms with van der Waals surface area (Å²) in [7, 11) is 0.611. The van der Waals surface area contributed by atoms with Crippen LogP contribution in [0, 0.1) is 0 Å². The summed E-state index contributed by atoms with van der Waals surface area (Å²) in [4.78, 5) is 0. The average Bonchev–Trinajstić information content (AvgIpc) is 2.34. The number of rotatable bonds is 11. The summed E-state index contributed by atoms with van der Waals surface area (Å²) >= 11 is 0. The van der Waals surface area contributed by atoms with Gasteiger partial charge in [0, 0.05) is 0 Å². The first-order valence-corrected chi connectivity index (χ1v) is 7.78. The third-order valence-corrected chi connectivity index (χ3v) is 2.96. The molecule has 0 aromatic heterocycles. The summed E-state index contributed by atoms with van der Waals surface area (Å²) in [5.41, 5.74) is 0. The van der Waals surface area contributed by atoms with Crippen LogP contribution >= 0.6 is 33.9 Å². The third kappa shape index (κ3) is 30.1. The fourth-order valence-electron chi connectivity index (χ4n) is 1.91. The molecule has 0 radical (unpaired) electrons. The minimum absolute atomic E-state index is 0. The van der Waals surface area contributed by atoms with Crippen LogP contribution < -0.4 is 0 Å². The molecule has 0 N–H and O–H groups in total. The first-order valence-electron chi connectivity index (χ1n) is 7.20. The van der Waals surface area contributed by atoms with E-state index in [4.69, 9.17) is 4.57 Å². The van der Waals surface area contributed by atoms with Crippen LogP contribution in [0.4, 0.5) is 0 Å². The Hall–Kier alpha value is 0.810. The first kappa shape index (κ1) is 27.2. The van der Waals surface area contributed by atoms with Crippen LogP contribution in [-0.4, -0.2) is 0 Å². The van der Waals surface area contributed by atoms with Gasteiger partial charge in [-0.15, -0.1) is 24.8 Å². The summed E-state index contributed by atoms with van der Waals surface area (Å²) < 4.78 is 8.28. The zero-order chi connectivity index (χ0) is 12.5. The largest absolute Gasteiger partial charge is 0.333 e. The zero-order valence-electron chi connectivity index (χ0n) is 12.4. The molecular weight excluding hydrogens is 286 g/mol. The maximum Gasteiger partial charge on any atom is 0.0527 e. The molecule has 0 heterocycles. The van der Waals surface area contributed by atoms with Gasteiger partial charge in [0.2, 0.25) is 0 Å². The molecule has 0 aliphatic heterocycles. The van der Waals surface area contributed by atoms with Crippen LogP contribution in [0.3, 0.4) is 0 Å². The van der Waals surface area contributed by atoms with Gasteiger partial charge in [-0.05, 0) is 0 Å². The molecule has 0 aliphatic carbocycles. The Balaban J connectivity index is -0.000000232. The molecule has 0 saturated heterocycles. The van der Waals surface area contributed by atoms with Gasteiger partial charge in [-0.1, -0.05) is 90.9 Å². The van der Waals surface area contributed by atoms with Crippen molar-refractivity contribution in [3.05, 3.63) is 0 Å². The van der Waals surface area contributed by atoms with Crippen LogP contribution in [-0.2, 0) is 4.57 Å². The molecule has 0 bridgehead atoms. The maximum absolute atomic E-state index is 8.28. The van der Waals surface area contributed by atoms with Crippen LogP contribution in [0.5, 0.6) is 0 Å². The number of hydrogen-bond donors (Lipinski definition) is 0. The van der Waals surface area contributed by atoms with E-state index in [1.54, 1.807) is 0 Å². The van der Waals surface area contributed by atoms with Gasteiger partial charge in [0.25, 0.3) is 0 Å². The molecule has 116 valence electrons. The van der Waals surface area contributed by atoms with Crippen molar-refractivity contribution in [1.82, 2.24) is 0 Å². The van der Waals surface area contributed by atoms with Gasteiger partial charge in [0.05, 0.1) is 9.12 Å². The minimum Gasteiger partial charge on any atom is -0.333 e. The second-order valence-electron chi connectivity index (χ2n) is 4.54. The van der Waals surface area contributed by atoms with Crippen molar-refractivity contribution < 1.29 is 4.57 Å². The van der Waals surface area contributed by atoms with Crippen LogP contribution in [0.2, 0.25) is 0 Å². The monoisotopic (exact) mass is 320 g/mol. The normalized spacial score (nSPS) is 8.78. The van der Waals surface area contributed by atoms with Crippen molar-refractivity contribution in [3.8, 4) is 0 Å². The molecule has 1 nitrogen and oxygen atoms in total. The highest BCUT2D eigenvalue weighted by atomic mass is 35.5. The molecule has 1 unspecified atom stereocenters. The standard InChI is InChI=1S/C14H30.2ClH.H3OP/c1-3-5-7-9-11-13-14-12-10-8-6-4-2;;;1-2/h3-14H2,1-2H3;2*1H;2H3. The van der Waals surface area contributed by atoms with Gasteiger partial charge in [0.1, 0.15) is 0 Å². The van der Waals surface area contributed by atoms with Crippen molar-refractivity contribution in [2.75, 3.05) is 0 Å². The maximum atomic E-state index is 8.28. The van der Waals surface area contributed by atoms with Gasteiger partial charge in [-0.25, -0.2) is 0 Å². The molecule has 18 heavy (non-hydrogen) atoms. The van der Waals surface area contributed by atoms with Crippen LogP contribution in [0.15, 0.2) is 0 Å². The lowest BCUT2D eigenvalue weighted by molar-refractivity contribution is 0.548. The molecule has 0 saturated carbocycles. The average molecular weight is 321 g/mol. The lowest BCUT2D eigenvalue weighted by Crippen LogP contribution is -1.81. The minimum atomic E-state index is 0. The van der Waals surface area contributed by atoms with Crippen molar-refractivity contribution in [1.29, 1.82) is 0 Å². The molecule has 0 aromatic rings. The molecular formula is C14H35Cl2OP. The molecule has 4 heteroatoms. The van der Waals surface area contributed by atoms with E-state index in [1.807, 2.05) is 0 Å². The van der Waals surface area contributed by atoms with E-state index in [-0.39, 0.29) is 24.8 Å². The smallest absolute Gasteiger partial charge is 0.0527 e. The van der Waals surface area contributed by atoms with Crippen LogP contribution in [0.25, 0.3) is 0 Å². The summed E-state index contributed by atoms with van der Waals surface area (Å²) in [6.07, 6.45) is 17.4. The Morgan fingerprint density at radius 2 is 0.667 bits per heavy atom. The van der Waals surface area contributed by atoms with Gasteiger partial charge in [-0.3, -0.25) is 0 Å². The SMILES string of the molecule is CCCCCCCCCCCCCC.Cl.Cl.O=[PH3]. The number of halogens is 2. The summed E-state index contributed by atoms with van der Waals surface area (Å²) in [6, 6.07) is 0. The second-order valence-corrected chi connectivity index (χ2v) is 4.54. The van der Waals surface area contributed by atoms with Gasteiger partial charge in [-0.2, -0.15) is 0 Å². The molecule has 0 aromatic carbocycles. The summed E-state index contributed by atoms with van der Waals surface area (Å²) in [5.74, 6) is 0. The number of hydrogen-bond acceptors (Lipinski definition) is 1. The van der Waals surface area contributed by atoms with Crippen molar-refractivity contribution >= 4 is 33.9 Å². The topological polar surface area (TPSA) is 17.1 Å². The predicted molar refractivity (Wildman–Crippen MR) is 93.0 cm³/mol. The van der Waals surface area contributed by atoms with E-state index >= 15 is 0 Å². The Morgan fingerprint density at radius 1 is 0.500 bits per heavy atom. The Labute approximate surface area is 129 Å². The molecule has 0 amide bonds. The number of unbranched alkanes of at least 4 members (excludes halogenated alkanes) is 11. The molecule has 1 atom stereocenters. The highest BCUT2D eigenvalue weighted by Gasteiger charge is 1.91. The Morgan fingerprint density at radius 3 is 0.833 bits per heavy atom. The highest BCUT2D eigenvalue weighted by molar-refractivity contribution is 7.00. The van der Waals surface area contributed by atoms with E-state index < -0.39 is 0 Å². The third-order valence-electron chi connectivity index (χ3n) is 2.96. The zero-order valence-corrected chi connectivity index (χ0v) is 15.5. The molecule has 0 spiro atoms. The summed E-state index contributed by atoms with van der Waals surface area (Å²) in [6.45, 7) is 4.57. The van der Waals surface area contributed by atoms with E-state index in [2.05, 4.69) is 13.8 Å². The van der Waals surface area contributed by atoms with E-state index in [9.17, 15) is 0 Å². The predicted octanol–water partition coefficient (Wildman–Crippen LogP) is 6.49. The van der Waals surface area contributed by atoms with Crippen molar-refractivity contribution in [2.45, 2.75) is 90.9 Å². The van der Waals surface area contributed by atoms with E-state index in [0.29, 0.717) is 9.12 Å². The van der Waals surface area contributed by atoms with Gasteiger partial charge >= 0.3 is 0 Å². The van der Waals surface area contributed by atoms with Gasteiger partial charge in [0.15, 0.2) is 0 Å².